The fraction of sp³-hybridized carbons (Fsp3) is 0.538. The van der Waals surface area contributed by atoms with Gasteiger partial charge in [-0.05, 0) is 36.5 Å². The van der Waals surface area contributed by atoms with Crippen LogP contribution in [0.5, 0.6) is 0 Å². The lowest BCUT2D eigenvalue weighted by molar-refractivity contribution is 0.213. The molecule has 0 unspecified atom stereocenters. The molecule has 0 saturated heterocycles. The van der Waals surface area contributed by atoms with Crippen molar-refractivity contribution in [2.24, 2.45) is 5.41 Å². The topological polar surface area (TPSA) is 92.4 Å². The fourth-order valence-corrected chi connectivity index (χ4v) is 3.04. The lowest BCUT2D eigenvalue weighted by Crippen LogP contribution is -2.34. The SMILES string of the molecule is Cc1cc(S(=O)(=O)NCC(C)(C)CCO)cc(N)c1F. The highest BCUT2D eigenvalue weighted by Crippen LogP contribution is 2.23. The van der Waals surface area contributed by atoms with E-state index in [0.29, 0.717) is 6.42 Å². The number of anilines is 1. The van der Waals surface area contributed by atoms with Crippen molar-refractivity contribution in [1.82, 2.24) is 4.72 Å². The van der Waals surface area contributed by atoms with E-state index in [0.717, 1.165) is 6.07 Å². The number of halogens is 1. The number of nitrogens with one attached hydrogen (secondary N) is 1. The van der Waals surface area contributed by atoms with Gasteiger partial charge in [-0.25, -0.2) is 17.5 Å². The first-order chi connectivity index (χ1) is 9.09. The minimum Gasteiger partial charge on any atom is -0.396 e. The van der Waals surface area contributed by atoms with Crippen molar-refractivity contribution in [1.29, 1.82) is 0 Å². The van der Waals surface area contributed by atoms with Gasteiger partial charge in [0.05, 0.1) is 10.6 Å². The molecule has 0 aliphatic carbocycles. The predicted molar refractivity (Wildman–Crippen MR) is 76.2 cm³/mol. The van der Waals surface area contributed by atoms with Gasteiger partial charge in [0.25, 0.3) is 0 Å². The van der Waals surface area contributed by atoms with Gasteiger partial charge in [0.15, 0.2) is 0 Å². The van der Waals surface area contributed by atoms with E-state index in [9.17, 15) is 12.8 Å². The summed E-state index contributed by atoms with van der Waals surface area (Å²) in [6.07, 6.45) is 0.472. The van der Waals surface area contributed by atoms with Crippen molar-refractivity contribution < 1.29 is 17.9 Å². The summed E-state index contributed by atoms with van der Waals surface area (Å²) >= 11 is 0. The van der Waals surface area contributed by atoms with Crippen molar-refractivity contribution in [2.75, 3.05) is 18.9 Å². The van der Waals surface area contributed by atoms with E-state index in [1.807, 2.05) is 13.8 Å². The molecule has 4 N–H and O–H groups in total. The average Bonchev–Trinajstić information content (AvgIpc) is 2.33. The number of nitrogens with two attached hydrogens (primary N) is 1. The van der Waals surface area contributed by atoms with Crippen molar-refractivity contribution in [2.45, 2.75) is 32.1 Å². The van der Waals surface area contributed by atoms with Crippen molar-refractivity contribution >= 4 is 15.7 Å². The molecular formula is C13H21FN2O3S. The molecule has 0 heterocycles. The predicted octanol–water partition coefficient (Wildman–Crippen LogP) is 1.40. The Hall–Kier alpha value is -1.18. The third-order valence-corrected chi connectivity index (χ3v) is 4.48. The zero-order valence-electron chi connectivity index (χ0n) is 11.9. The number of sulfonamides is 1. The summed E-state index contributed by atoms with van der Waals surface area (Å²) in [5, 5.41) is 8.92. The van der Waals surface area contributed by atoms with Crippen LogP contribution < -0.4 is 10.5 Å². The molecule has 0 fully saturated rings. The number of rotatable bonds is 6. The van der Waals surface area contributed by atoms with Crippen molar-refractivity contribution in [3.8, 4) is 0 Å². The number of aliphatic hydroxyl groups excluding tert-OH is 1. The quantitative estimate of drug-likeness (QED) is 0.693. The normalized spacial score (nSPS) is 12.7. The standard InChI is InChI=1S/C13H21FN2O3S/c1-9-6-10(7-11(15)12(9)14)20(18,19)16-8-13(2,3)4-5-17/h6-7,16-17H,4-5,8,15H2,1-3H3. The Morgan fingerprint density at radius 2 is 2.00 bits per heavy atom. The summed E-state index contributed by atoms with van der Waals surface area (Å²) in [7, 11) is -3.75. The van der Waals surface area contributed by atoms with Crippen LogP contribution in [0, 0.1) is 18.2 Å². The van der Waals surface area contributed by atoms with Crippen molar-refractivity contribution in [3.63, 3.8) is 0 Å². The first-order valence-corrected chi connectivity index (χ1v) is 7.73. The minimum absolute atomic E-state index is 0.0165. The zero-order valence-corrected chi connectivity index (χ0v) is 12.7. The lowest BCUT2D eigenvalue weighted by atomic mass is 9.90. The van der Waals surface area contributed by atoms with Gasteiger partial charge in [0, 0.05) is 13.2 Å². The maximum absolute atomic E-state index is 13.4. The Bertz CT molecular complexity index is 562. The van der Waals surface area contributed by atoms with E-state index in [4.69, 9.17) is 10.8 Å². The molecule has 0 spiro atoms. The first-order valence-electron chi connectivity index (χ1n) is 6.25. The Labute approximate surface area is 119 Å². The molecule has 1 rings (SSSR count). The second kappa shape index (κ2) is 6.07. The van der Waals surface area contributed by atoms with Crippen LogP contribution in [-0.4, -0.2) is 26.7 Å². The third-order valence-electron chi connectivity index (χ3n) is 3.10. The maximum Gasteiger partial charge on any atom is 0.240 e. The molecule has 5 nitrogen and oxygen atoms in total. The van der Waals surface area contributed by atoms with Crippen LogP contribution in [0.25, 0.3) is 0 Å². The first kappa shape index (κ1) is 16.9. The number of hydrogen-bond donors (Lipinski definition) is 3. The van der Waals surface area contributed by atoms with Gasteiger partial charge < -0.3 is 10.8 Å². The second-order valence-corrected chi connectivity index (χ2v) is 7.37. The molecule has 0 saturated carbocycles. The van der Waals surface area contributed by atoms with Gasteiger partial charge in [0.1, 0.15) is 5.82 Å². The zero-order chi connectivity index (χ0) is 15.6. The number of aliphatic hydroxyl groups is 1. The largest absolute Gasteiger partial charge is 0.396 e. The Balaban J connectivity index is 2.95. The molecule has 0 aromatic heterocycles. The molecule has 114 valence electrons. The molecule has 0 atom stereocenters. The molecule has 1 aromatic carbocycles. The summed E-state index contributed by atoms with van der Waals surface area (Å²) in [5.74, 6) is -0.607. The molecule has 0 aliphatic rings. The minimum atomic E-state index is -3.75. The number of aryl methyl sites for hydroxylation is 1. The summed E-state index contributed by atoms with van der Waals surface area (Å²) in [6.45, 7) is 5.30. The summed E-state index contributed by atoms with van der Waals surface area (Å²) in [6, 6.07) is 2.34. The van der Waals surface area contributed by atoms with Crippen LogP contribution in [0.1, 0.15) is 25.8 Å². The Kier molecular flexibility index (Phi) is 5.12. The van der Waals surface area contributed by atoms with Crippen LogP contribution in [0.15, 0.2) is 17.0 Å². The highest BCUT2D eigenvalue weighted by Gasteiger charge is 2.23. The van der Waals surface area contributed by atoms with Crippen LogP contribution >= 0.6 is 0 Å². The second-order valence-electron chi connectivity index (χ2n) is 5.61. The molecule has 1 aromatic rings. The Morgan fingerprint density at radius 1 is 1.40 bits per heavy atom. The van der Waals surface area contributed by atoms with E-state index in [1.165, 1.54) is 13.0 Å². The molecule has 0 amide bonds. The fourth-order valence-electron chi connectivity index (χ4n) is 1.68. The average molecular weight is 304 g/mol. The molecule has 0 aliphatic heterocycles. The summed E-state index contributed by atoms with van der Waals surface area (Å²) < 4.78 is 40.2. The van der Waals surface area contributed by atoms with E-state index in [-0.39, 0.29) is 34.7 Å². The number of nitrogen functional groups attached to an aromatic ring is 1. The number of benzene rings is 1. The van der Waals surface area contributed by atoms with E-state index in [1.54, 1.807) is 0 Å². The van der Waals surface area contributed by atoms with Gasteiger partial charge in [-0.3, -0.25) is 0 Å². The van der Waals surface area contributed by atoms with Crippen LogP contribution in [0.3, 0.4) is 0 Å². The number of hydrogen-bond acceptors (Lipinski definition) is 4. The highest BCUT2D eigenvalue weighted by molar-refractivity contribution is 7.89. The summed E-state index contributed by atoms with van der Waals surface area (Å²) in [4.78, 5) is -0.0614. The molecular weight excluding hydrogens is 283 g/mol. The third kappa shape index (κ3) is 4.16. The summed E-state index contributed by atoms with van der Waals surface area (Å²) in [5.41, 5.74) is 5.06. The highest BCUT2D eigenvalue weighted by atomic mass is 32.2. The molecule has 20 heavy (non-hydrogen) atoms. The van der Waals surface area contributed by atoms with E-state index >= 15 is 0 Å². The molecule has 7 heteroatoms. The Morgan fingerprint density at radius 3 is 2.50 bits per heavy atom. The van der Waals surface area contributed by atoms with Gasteiger partial charge >= 0.3 is 0 Å². The molecule has 0 radical (unpaired) electrons. The molecule has 0 bridgehead atoms. The lowest BCUT2D eigenvalue weighted by Gasteiger charge is -2.23. The van der Waals surface area contributed by atoms with Crippen LogP contribution in [-0.2, 0) is 10.0 Å². The van der Waals surface area contributed by atoms with E-state index < -0.39 is 15.8 Å². The van der Waals surface area contributed by atoms with Gasteiger partial charge in [-0.2, -0.15) is 0 Å². The van der Waals surface area contributed by atoms with Crippen molar-refractivity contribution in [3.05, 3.63) is 23.5 Å². The maximum atomic E-state index is 13.4. The van der Waals surface area contributed by atoms with Gasteiger partial charge in [-0.1, -0.05) is 13.8 Å². The monoisotopic (exact) mass is 304 g/mol. The van der Waals surface area contributed by atoms with E-state index in [2.05, 4.69) is 4.72 Å². The van der Waals surface area contributed by atoms with Crippen LogP contribution in [0.4, 0.5) is 10.1 Å². The van der Waals surface area contributed by atoms with Crippen LogP contribution in [0.2, 0.25) is 0 Å². The smallest absolute Gasteiger partial charge is 0.240 e. The van der Waals surface area contributed by atoms with Gasteiger partial charge in [-0.15, -0.1) is 0 Å². The van der Waals surface area contributed by atoms with Gasteiger partial charge in [0.2, 0.25) is 10.0 Å².